The predicted octanol–water partition coefficient (Wildman–Crippen LogP) is 5.79. The van der Waals surface area contributed by atoms with Crippen molar-refractivity contribution in [1.29, 1.82) is 0 Å². The lowest BCUT2D eigenvalue weighted by atomic mass is 10.0. The van der Waals surface area contributed by atoms with Crippen molar-refractivity contribution in [1.82, 2.24) is 9.55 Å². The van der Waals surface area contributed by atoms with E-state index in [2.05, 4.69) is 86.9 Å². The minimum atomic E-state index is 0.403. The third-order valence-corrected chi connectivity index (χ3v) is 4.08. The quantitative estimate of drug-likeness (QED) is 0.597. The lowest BCUT2D eigenvalue weighted by molar-refractivity contribution is 0.737. The van der Waals surface area contributed by atoms with Crippen molar-refractivity contribution in [2.24, 2.45) is 0 Å². The SMILES string of the molecule is CC(C)c1nc(-c2ccccc2)n(-c2ccccc2)c1C(C)C. The number of hydrogen-bond acceptors (Lipinski definition) is 1. The zero-order valence-electron chi connectivity index (χ0n) is 14.3. The van der Waals surface area contributed by atoms with Crippen LogP contribution < -0.4 is 0 Å². The number of rotatable bonds is 4. The molecule has 0 saturated carbocycles. The lowest BCUT2D eigenvalue weighted by Crippen LogP contribution is -2.06. The molecule has 0 aliphatic carbocycles. The first-order chi connectivity index (χ1) is 11.1. The van der Waals surface area contributed by atoms with Crippen molar-refractivity contribution in [2.75, 3.05) is 0 Å². The molecule has 0 saturated heterocycles. The number of imidazole rings is 1. The van der Waals surface area contributed by atoms with E-state index in [-0.39, 0.29) is 0 Å². The van der Waals surface area contributed by atoms with Crippen LogP contribution in [-0.2, 0) is 0 Å². The first-order valence-electron chi connectivity index (χ1n) is 8.33. The summed E-state index contributed by atoms with van der Waals surface area (Å²) in [5, 5.41) is 0. The van der Waals surface area contributed by atoms with E-state index >= 15 is 0 Å². The molecular formula is C21H24N2. The van der Waals surface area contributed by atoms with Gasteiger partial charge in [0, 0.05) is 16.9 Å². The van der Waals surface area contributed by atoms with Crippen LogP contribution >= 0.6 is 0 Å². The number of aromatic nitrogens is 2. The van der Waals surface area contributed by atoms with Crippen molar-refractivity contribution >= 4 is 0 Å². The van der Waals surface area contributed by atoms with Gasteiger partial charge in [0.1, 0.15) is 5.82 Å². The Bertz CT molecular complexity index is 768. The average molecular weight is 304 g/mol. The zero-order chi connectivity index (χ0) is 16.4. The topological polar surface area (TPSA) is 17.8 Å². The van der Waals surface area contributed by atoms with Crippen LogP contribution in [0.5, 0.6) is 0 Å². The molecule has 2 aromatic carbocycles. The first kappa shape index (κ1) is 15.5. The van der Waals surface area contributed by atoms with Crippen LogP contribution in [0.2, 0.25) is 0 Å². The molecule has 0 aliphatic heterocycles. The molecule has 0 aliphatic rings. The van der Waals surface area contributed by atoms with E-state index in [4.69, 9.17) is 4.98 Å². The molecule has 1 aromatic heterocycles. The van der Waals surface area contributed by atoms with Crippen LogP contribution in [0.4, 0.5) is 0 Å². The van der Waals surface area contributed by atoms with Crippen molar-refractivity contribution in [3.8, 4) is 17.1 Å². The molecular weight excluding hydrogens is 280 g/mol. The van der Waals surface area contributed by atoms with Gasteiger partial charge in [0.25, 0.3) is 0 Å². The van der Waals surface area contributed by atoms with Gasteiger partial charge in [-0.05, 0) is 24.0 Å². The van der Waals surface area contributed by atoms with Crippen molar-refractivity contribution in [2.45, 2.75) is 39.5 Å². The summed E-state index contributed by atoms with van der Waals surface area (Å²) >= 11 is 0. The van der Waals surface area contributed by atoms with E-state index in [0.717, 1.165) is 11.4 Å². The minimum absolute atomic E-state index is 0.403. The second-order valence-corrected chi connectivity index (χ2v) is 6.55. The Morgan fingerprint density at radius 2 is 1.30 bits per heavy atom. The molecule has 23 heavy (non-hydrogen) atoms. The predicted molar refractivity (Wildman–Crippen MR) is 97.2 cm³/mol. The van der Waals surface area contributed by atoms with Gasteiger partial charge in [-0.2, -0.15) is 0 Å². The first-order valence-corrected chi connectivity index (χ1v) is 8.33. The maximum absolute atomic E-state index is 5.04. The van der Waals surface area contributed by atoms with Gasteiger partial charge < -0.3 is 0 Å². The zero-order valence-corrected chi connectivity index (χ0v) is 14.3. The van der Waals surface area contributed by atoms with Crippen molar-refractivity contribution < 1.29 is 0 Å². The monoisotopic (exact) mass is 304 g/mol. The average Bonchev–Trinajstić information content (AvgIpc) is 2.97. The van der Waals surface area contributed by atoms with Crippen LogP contribution in [-0.4, -0.2) is 9.55 Å². The van der Waals surface area contributed by atoms with Gasteiger partial charge in [0.05, 0.1) is 5.69 Å². The molecule has 0 unspecified atom stereocenters. The Balaban J connectivity index is 2.33. The van der Waals surface area contributed by atoms with E-state index in [1.54, 1.807) is 0 Å². The maximum Gasteiger partial charge on any atom is 0.145 e. The van der Waals surface area contributed by atoms with Crippen LogP contribution in [0, 0.1) is 0 Å². The number of benzene rings is 2. The van der Waals surface area contributed by atoms with Crippen LogP contribution in [0.3, 0.4) is 0 Å². The minimum Gasteiger partial charge on any atom is -0.296 e. The Labute approximate surface area is 138 Å². The normalized spacial score (nSPS) is 11.4. The summed E-state index contributed by atoms with van der Waals surface area (Å²) in [6.07, 6.45) is 0. The van der Waals surface area contributed by atoms with Gasteiger partial charge in [-0.3, -0.25) is 4.57 Å². The van der Waals surface area contributed by atoms with Crippen molar-refractivity contribution in [3.05, 3.63) is 72.1 Å². The summed E-state index contributed by atoms with van der Waals surface area (Å²) in [5.74, 6) is 1.85. The van der Waals surface area contributed by atoms with Gasteiger partial charge in [-0.15, -0.1) is 0 Å². The number of hydrogen-bond donors (Lipinski definition) is 0. The largest absolute Gasteiger partial charge is 0.296 e. The molecule has 3 rings (SSSR count). The standard InChI is InChI=1S/C21H24N2/c1-15(2)19-20(16(3)4)23(18-13-9-6-10-14-18)21(22-19)17-11-7-5-8-12-17/h5-16H,1-4H3. The molecule has 0 radical (unpaired) electrons. The van der Waals surface area contributed by atoms with E-state index in [0.29, 0.717) is 11.8 Å². The fourth-order valence-corrected chi connectivity index (χ4v) is 3.05. The Morgan fingerprint density at radius 3 is 1.83 bits per heavy atom. The van der Waals surface area contributed by atoms with E-state index in [1.807, 2.05) is 6.07 Å². The number of nitrogens with zero attached hydrogens (tertiary/aromatic N) is 2. The van der Waals surface area contributed by atoms with Gasteiger partial charge in [0.2, 0.25) is 0 Å². The molecule has 0 spiro atoms. The van der Waals surface area contributed by atoms with Gasteiger partial charge >= 0.3 is 0 Å². The molecule has 0 atom stereocenters. The molecule has 2 heteroatoms. The molecule has 2 nitrogen and oxygen atoms in total. The van der Waals surface area contributed by atoms with Gasteiger partial charge in [-0.1, -0.05) is 76.2 Å². The van der Waals surface area contributed by atoms with Crippen LogP contribution in [0.1, 0.15) is 50.9 Å². The highest BCUT2D eigenvalue weighted by atomic mass is 15.1. The van der Waals surface area contributed by atoms with Crippen LogP contribution in [0.25, 0.3) is 17.1 Å². The highest BCUT2D eigenvalue weighted by Crippen LogP contribution is 2.34. The summed E-state index contributed by atoms with van der Waals surface area (Å²) in [7, 11) is 0. The fourth-order valence-electron chi connectivity index (χ4n) is 3.05. The summed E-state index contributed by atoms with van der Waals surface area (Å²) < 4.78 is 2.33. The van der Waals surface area contributed by atoms with Gasteiger partial charge in [0.15, 0.2) is 0 Å². The fraction of sp³-hybridized carbons (Fsp3) is 0.286. The second-order valence-electron chi connectivity index (χ2n) is 6.55. The second kappa shape index (κ2) is 6.41. The van der Waals surface area contributed by atoms with E-state index in [1.165, 1.54) is 17.1 Å². The number of para-hydroxylation sites is 1. The van der Waals surface area contributed by atoms with Crippen LogP contribution in [0.15, 0.2) is 60.7 Å². The Morgan fingerprint density at radius 1 is 0.739 bits per heavy atom. The molecule has 118 valence electrons. The summed E-state index contributed by atoms with van der Waals surface area (Å²) in [6.45, 7) is 8.94. The third-order valence-electron chi connectivity index (χ3n) is 4.08. The molecule has 3 aromatic rings. The summed E-state index contributed by atoms with van der Waals surface area (Å²) in [5.41, 5.74) is 4.84. The Kier molecular flexibility index (Phi) is 4.33. The van der Waals surface area contributed by atoms with E-state index in [9.17, 15) is 0 Å². The molecule has 0 amide bonds. The molecule has 0 fully saturated rings. The molecule has 0 N–H and O–H groups in total. The third kappa shape index (κ3) is 2.94. The lowest BCUT2D eigenvalue weighted by Gasteiger charge is -2.16. The summed E-state index contributed by atoms with van der Waals surface area (Å²) in [4.78, 5) is 5.04. The Hall–Kier alpha value is -2.35. The highest BCUT2D eigenvalue weighted by Gasteiger charge is 2.23. The molecule has 1 heterocycles. The maximum atomic E-state index is 5.04. The smallest absolute Gasteiger partial charge is 0.145 e. The van der Waals surface area contributed by atoms with Crippen molar-refractivity contribution in [3.63, 3.8) is 0 Å². The summed E-state index contributed by atoms with van der Waals surface area (Å²) in [6, 6.07) is 21.0. The molecule has 0 bridgehead atoms. The van der Waals surface area contributed by atoms with E-state index < -0.39 is 0 Å². The highest BCUT2D eigenvalue weighted by molar-refractivity contribution is 5.61. The van der Waals surface area contributed by atoms with Gasteiger partial charge in [-0.25, -0.2) is 4.98 Å².